The van der Waals surface area contributed by atoms with Gasteiger partial charge < -0.3 is 14.8 Å². The zero-order valence-electron chi connectivity index (χ0n) is 12.6. The Morgan fingerprint density at radius 3 is 2.65 bits per heavy atom. The average molecular weight is 295 g/mol. The second-order valence-corrected chi connectivity index (χ2v) is 6.66. The number of fused-ring (bicyclic) bond motifs is 1. The Labute approximate surface area is 126 Å². The highest BCUT2D eigenvalue weighted by atomic mass is 32.2. The van der Waals surface area contributed by atoms with Gasteiger partial charge in [0.15, 0.2) is 11.5 Å². The highest BCUT2D eigenvalue weighted by Gasteiger charge is 2.11. The summed E-state index contributed by atoms with van der Waals surface area (Å²) in [6, 6.07) is 6.80. The van der Waals surface area contributed by atoms with E-state index in [2.05, 4.69) is 38.2 Å². The maximum absolute atomic E-state index is 5.71. The van der Waals surface area contributed by atoms with Gasteiger partial charge in [0, 0.05) is 29.7 Å². The molecular formula is C16H25NO2S. The maximum Gasteiger partial charge on any atom is 0.162 e. The third-order valence-corrected chi connectivity index (χ3v) is 4.55. The summed E-state index contributed by atoms with van der Waals surface area (Å²) >= 11 is 1.86. The number of hydrogen-bond donors (Lipinski definition) is 1. The van der Waals surface area contributed by atoms with Crippen LogP contribution in [-0.2, 0) is 0 Å². The number of benzene rings is 1. The van der Waals surface area contributed by atoms with E-state index < -0.39 is 0 Å². The molecule has 1 atom stereocenters. The summed E-state index contributed by atoms with van der Waals surface area (Å²) in [5.74, 6) is 3.50. The molecule has 0 bridgehead atoms. The number of rotatable bonds is 6. The molecule has 1 aromatic rings. The zero-order valence-corrected chi connectivity index (χ0v) is 13.5. The molecule has 0 saturated heterocycles. The highest BCUT2D eigenvalue weighted by Crippen LogP contribution is 2.33. The Kier molecular flexibility index (Phi) is 6.05. The average Bonchev–Trinajstić information content (AvgIpc) is 2.67. The van der Waals surface area contributed by atoms with E-state index >= 15 is 0 Å². The molecule has 0 radical (unpaired) electrons. The number of thioether (sulfide) groups is 1. The van der Waals surface area contributed by atoms with Gasteiger partial charge in [0.25, 0.3) is 0 Å². The summed E-state index contributed by atoms with van der Waals surface area (Å²) in [6.07, 6.45) is 0.953. The monoisotopic (exact) mass is 295 g/mol. The molecular weight excluding hydrogens is 270 g/mol. The van der Waals surface area contributed by atoms with Crippen LogP contribution >= 0.6 is 11.8 Å². The molecule has 0 saturated carbocycles. The smallest absolute Gasteiger partial charge is 0.162 e. The molecule has 0 spiro atoms. The van der Waals surface area contributed by atoms with Crippen molar-refractivity contribution >= 4 is 11.8 Å². The van der Waals surface area contributed by atoms with E-state index in [-0.39, 0.29) is 0 Å². The highest BCUT2D eigenvalue weighted by molar-refractivity contribution is 7.99. The summed E-state index contributed by atoms with van der Waals surface area (Å²) in [7, 11) is 0. The van der Waals surface area contributed by atoms with Crippen molar-refractivity contribution in [3.8, 4) is 11.5 Å². The van der Waals surface area contributed by atoms with Crippen LogP contribution in [0.4, 0.5) is 0 Å². The lowest BCUT2D eigenvalue weighted by atomic mass is 10.1. The van der Waals surface area contributed by atoms with Crippen molar-refractivity contribution < 1.29 is 9.47 Å². The molecule has 20 heavy (non-hydrogen) atoms. The fourth-order valence-corrected chi connectivity index (χ4v) is 2.73. The number of ether oxygens (including phenoxy) is 2. The third-order valence-electron chi connectivity index (χ3n) is 3.56. The van der Waals surface area contributed by atoms with Gasteiger partial charge in [0.2, 0.25) is 0 Å². The first-order valence-electron chi connectivity index (χ1n) is 7.42. The molecule has 3 nitrogen and oxygen atoms in total. The largest absolute Gasteiger partial charge is 0.490 e. The molecule has 1 aliphatic heterocycles. The van der Waals surface area contributed by atoms with Gasteiger partial charge in [-0.05, 0) is 31.0 Å². The first-order chi connectivity index (χ1) is 9.66. The van der Waals surface area contributed by atoms with Crippen LogP contribution in [0, 0.1) is 5.92 Å². The molecule has 0 aromatic heterocycles. The normalized spacial score (nSPS) is 16.0. The van der Waals surface area contributed by atoms with E-state index in [1.807, 2.05) is 17.8 Å². The van der Waals surface area contributed by atoms with Gasteiger partial charge in [-0.15, -0.1) is 11.8 Å². The Morgan fingerprint density at radius 1 is 1.15 bits per heavy atom. The second-order valence-electron chi connectivity index (χ2n) is 5.49. The Bertz CT molecular complexity index is 423. The molecule has 0 aliphatic carbocycles. The fraction of sp³-hybridized carbons (Fsp3) is 0.625. The predicted octanol–water partition coefficient (Wildman–Crippen LogP) is 3.57. The molecule has 0 amide bonds. The standard InChI is InChI=1S/C16H25NO2S/c1-12(2)13(3)17-7-10-20-14-5-6-15-16(11-14)19-9-4-8-18-15/h5-6,11-13,17H,4,7-10H2,1-3H3. The molecule has 112 valence electrons. The van der Waals surface area contributed by atoms with Crippen LogP contribution in [0.25, 0.3) is 0 Å². The molecule has 1 N–H and O–H groups in total. The first-order valence-corrected chi connectivity index (χ1v) is 8.41. The van der Waals surface area contributed by atoms with Crippen molar-refractivity contribution in [3.63, 3.8) is 0 Å². The minimum Gasteiger partial charge on any atom is -0.490 e. The lowest BCUT2D eigenvalue weighted by Crippen LogP contribution is -2.32. The van der Waals surface area contributed by atoms with Crippen LogP contribution in [-0.4, -0.2) is 31.6 Å². The Hall–Kier alpha value is -0.870. The lowest BCUT2D eigenvalue weighted by molar-refractivity contribution is 0.297. The van der Waals surface area contributed by atoms with Crippen molar-refractivity contribution in [2.45, 2.75) is 38.1 Å². The maximum atomic E-state index is 5.71. The van der Waals surface area contributed by atoms with Crippen LogP contribution in [0.3, 0.4) is 0 Å². The fourth-order valence-electron chi connectivity index (χ4n) is 1.92. The molecule has 0 fully saturated rings. The summed E-state index contributed by atoms with van der Waals surface area (Å²) < 4.78 is 11.4. The van der Waals surface area contributed by atoms with E-state index in [1.165, 1.54) is 4.90 Å². The van der Waals surface area contributed by atoms with E-state index in [9.17, 15) is 0 Å². The zero-order chi connectivity index (χ0) is 14.4. The summed E-state index contributed by atoms with van der Waals surface area (Å²) in [4.78, 5) is 1.24. The first kappa shape index (κ1) is 15.5. The van der Waals surface area contributed by atoms with Crippen molar-refractivity contribution in [1.29, 1.82) is 0 Å². The molecule has 4 heteroatoms. The van der Waals surface area contributed by atoms with E-state index in [0.29, 0.717) is 12.0 Å². The van der Waals surface area contributed by atoms with Crippen molar-refractivity contribution in [3.05, 3.63) is 18.2 Å². The molecule has 2 rings (SSSR count). The number of nitrogens with one attached hydrogen (secondary N) is 1. The lowest BCUT2D eigenvalue weighted by Gasteiger charge is -2.17. The second kappa shape index (κ2) is 7.79. The van der Waals surface area contributed by atoms with Crippen LogP contribution in [0.5, 0.6) is 11.5 Å². The summed E-state index contributed by atoms with van der Waals surface area (Å²) in [5, 5.41) is 3.55. The van der Waals surface area contributed by atoms with Crippen molar-refractivity contribution in [1.82, 2.24) is 5.32 Å². The Morgan fingerprint density at radius 2 is 1.90 bits per heavy atom. The van der Waals surface area contributed by atoms with Gasteiger partial charge in [-0.1, -0.05) is 13.8 Å². The molecule has 1 aromatic carbocycles. The van der Waals surface area contributed by atoms with E-state index in [0.717, 1.165) is 43.4 Å². The Balaban J connectivity index is 1.80. The van der Waals surface area contributed by atoms with Gasteiger partial charge in [0.05, 0.1) is 13.2 Å². The van der Waals surface area contributed by atoms with Crippen molar-refractivity contribution in [2.75, 3.05) is 25.5 Å². The quantitative estimate of drug-likeness (QED) is 0.642. The van der Waals surface area contributed by atoms with E-state index in [4.69, 9.17) is 9.47 Å². The van der Waals surface area contributed by atoms with Crippen LogP contribution in [0.2, 0.25) is 0 Å². The van der Waals surface area contributed by atoms with Crippen molar-refractivity contribution in [2.24, 2.45) is 5.92 Å². The summed E-state index contributed by atoms with van der Waals surface area (Å²) in [6.45, 7) is 9.25. The third kappa shape index (κ3) is 4.60. The minimum absolute atomic E-state index is 0.569. The van der Waals surface area contributed by atoms with Gasteiger partial charge in [0.1, 0.15) is 0 Å². The van der Waals surface area contributed by atoms with Crippen LogP contribution in [0.15, 0.2) is 23.1 Å². The molecule has 1 heterocycles. The summed E-state index contributed by atoms with van der Waals surface area (Å²) in [5.41, 5.74) is 0. The number of hydrogen-bond acceptors (Lipinski definition) is 4. The predicted molar refractivity (Wildman–Crippen MR) is 85.1 cm³/mol. The van der Waals surface area contributed by atoms with Gasteiger partial charge in [-0.25, -0.2) is 0 Å². The van der Waals surface area contributed by atoms with Gasteiger partial charge >= 0.3 is 0 Å². The van der Waals surface area contributed by atoms with Gasteiger partial charge in [-0.3, -0.25) is 0 Å². The van der Waals surface area contributed by atoms with E-state index in [1.54, 1.807) is 0 Å². The molecule has 1 aliphatic rings. The van der Waals surface area contributed by atoms with Crippen LogP contribution < -0.4 is 14.8 Å². The SMILES string of the molecule is CC(C)C(C)NCCSc1ccc2c(c1)OCCCO2. The topological polar surface area (TPSA) is 30.5 Å². The minimum atomic E-state index is 0.569. The van der Waals surface area contributed by atoms with Gasteiger partial charge in [-0.2, -0.15) is 0 Å². The molecule has 1 unspecified atom stereocenters. The van der Waals surface area contributed by atoms with Crippen LogP contribution in [0.1, 0.15) is 27.2 Å².